The highest BCUT2D eigenvalue weighted by Crippen LogP contribution is 2.36. The Bertz CT molecular complexity index is 1180. The molecule has 5 nitrogen and oxygen atoms in total. The first-order valence-electron chi connectivity index (χ1n) is 11.6. The van der Waals surface area contributed by atoms with Crippen LogP contribution < -0.4 is 10.9 Å². The highest BCUT2D eigenvalue weighted by molar-refractivity contribution is 6.39. The topological polar surface area (TPSA) is 65.8 Å². The van der Waals surface area contributed by atoms with Crippen LogP contribution in [0.15, 0.2) is 89.1 Å². The number of amides is 1. The average Bonchev–Trinajstić information content (AvgIpc) is 3.35. The van der Waals surface area contributed by atoms with Gasteiger partial charge in [0.2, 0.25) is 0 Å². The van der Waals surface area contributed by atoms with E-state index in [-0.39, 0.29) is 5.91 Å². The number of hydrogen-bond donors (Lipinski definition) is 2. The van der Waals surface area contributed by atoms with Gasteiger partial charge >= 0.3 is 0 Å². The van der Waals surface area contributed by atoms with Crippen molar-refractivity contribution < 1.29 is 4.79 Å². The van der Waals surface area contributed by atoms with Crippen molar-refractivity contribution in [1.29, 1.82) is 0 Å². The van der Waals surface area contributed by atoms with Gasteiger partial charge in [-0.05, 0) is 66.5 Å². The number of hydrazone groups is 2. The summed E-state index contributed by atoms with van der Waals surface area (Å²) in [5, 5.41) is 8.83. The molecule has 0 saturated heterocycles. The summed E-state index contributed by atoms with van der Waals surface area (Å²) < 4.78 is 0. The Morgan fingerprint density at radius 1 is 0.909 bits per heavy atom. The van der Waals surface area contributed by atoms with Crippen LogP contribution in [0.5, 0.6) is 0 Å². The Kier molecular flexibility index (Phi) is 5.78. The maximum atomic E-state index is 13.0. The zero-order valence-electron chi connectivity index (χ0n) is 18.8. The molecule has 0 fully saturated rings. The van der Waals surface area contributed by atoms with Crippen LogP contribution in [0.4, 0.5) is 0 Å². The van der Waals surface area contributed by atoms with Crippen LogP contribution in [0.25, 0.3) is 0 Å². The largest absolute Gasteiger partial charge is 0.294 e. The lowest BCUT2D eigenvalue weighted by Crippen LogP contribution is -2.38. The molecule has 0 radical (unpaired) electrons. The van der Waals surface area contributed by atoms with E-state index in [1.165, 1.54) is 24.0 Å². The summed E-state index contributed by atoms with van der Waals surface area (Å²) in [4.78, 5) is 13.0. The fourth-order valence-electron chi connectivity index (χ4n) is 4.79. The third-order valence-electron chi connectivity index (χ3n) is 6.70. The van der Waals surface area contributed by atoms with Crippen LogP contribution >= 0.6 is 0 Å². The molecule has 1 heterocycles. The van der Waals surface area contributed by atoms with Gasteiger partial charge in [-0.2, -0.15) is 10.2 Å². The molecular formula is C28H28N4O. The molecule has 1 aliphatic heterocycles. The van der Waals surface area contributed by atoms with Crippen LogP contribution in [0.1, 0.15) is 54.0 Å². The van der Waals surface area contributed by atoms with Gasteiger partial charge in [-0.25, -0.2) is 5.43 Å². The average molecular weight is 437 g/mol. The van der Waals surface area contributed by atoms with Crippen molar-refractivity contribution in [1.82, 2.24) is 10.9 Å². The van der Waals surface area contributed by atoms with Gasteiger partial charge in [0.1, 0.15) is 11.3 Å². The molecule has 5 rings (SSSR count). The number of nitrogens with one attached hydrogen (secondary N) is 2. The SMILES string of the molecule is C/C(=N\NC(=O)C1=NNC(c2ccccc2)(c2ccccc2)C1)c1ccc2c(c1)CCCC2. The molecule has 0 atom stereocenters. The Labute approximate surface area is 194 Å². The van der Waals surface area contributed by atoms with Gasteiger partial charge in [0.15, 0.2) is 0 Å². The van der Waals surface area contributed by atoms with Crippen molar-refractivity contribution in [2.75, 3.05) is 0 Å². The summed E-state index contributed by atoms with van der Waals surface area (Å²) in [5.74, 6) is -0.284. The first-order chi connectivity index (χ1) is 16.2. The summed E-state index contributed by atoms with van der Waals surface area (Å²) in [6.45, 7) is 1.93. The molecule has 2 N–H and O–H groups in total. The highest BCUT2D eigenvalue weighted by Gasteiger charge is 2.41. The van der Waals surface area contributed by atoms with Crippen LogP contribution in [0, 0.1) is 0 Å². The first kappa shape index (κ1) is 21.1. The third-order valence-corrected chi connectivity index (χ3v) is 6.70. The Morgan fingerprint density at radius 3 is 2.21 bits per heavy atom. The normalized spacial score (nSPS) is 17.0. The molecule has 5 heteroatoms. The van der Waals surface area contributed by atoms with Crippen molar-refractivity contribution in [3.63, 3.8) is 0 Å². The Balaban J connectivity index is 1.33. The van der Waals surface area contributed by atoms with E-state index < -0.39 is 5.54 Å². The van der Waals surface area contributed by atoms with E-state index in [0.29, 0.717) is 12.1 Å². The Hall–Kier alpha value is -3.73. The second kappa shape index (κ2) is 9.02. The molecule has 0 bridgehead atoms. The van der Waals surface area contributed by atoms with Crippen LogP contribution in [0.3, 0.4) is 0 Å². The molecule has 166 valence electrons. The standard InChI is InChI=1S/C28H28N4O/c1-20(22-17-16-21-10-8-9-11-23(21)18-22)29-31-27(33)26-19-28(32-30-26,24-12-4-2-5-13-24)25-14-6-3-7-15-25/h2-7,12-18,32H,8-11,19H2,1H3,(H,31,33)/b29-20+. The van der Waals surface area contributed by atoms with E-state index >= 15 is 0 Å². The first-order valence-corrected chi connectivity index (χ1v) is 11.6. The van der Waals surface area contributed by atoms with Gasteiger partial charge in [0.05, 0.1) is 5.71 Å². The third kappa shape index (κ3) is 4.19. The minimum Gasteiger partial charge on any atom is -0.294 e. The summed E-state index contributed by atoms with van der Waals surface area (Å²) in [6.07, 6.45) is 5.21. The van der Waals surface area contributed by atoms with Gasteiger partial charge in [-0.1, -0.05) is 72.8 Å². The fourth-order valence-corrected chi connectivity index (χ4v) is 4.79. The fraction of sp³-hybridized carbons (Fsp3) is 0.250. The van der Waals surface area contributed by atoms with Crippen LogP contribution in [0.2, 0.25) is 0 Å². The lowest BCUT2D eigenvalue weighted by Gasteiger charge is -2.30. The molecule has 0 unspecified atom stereocenters. The molecule has 33 heavy (non-hydrogen) atoms. The summed E-state index contributed by atoms with van der Waals surface area (Å²) >= 11 is 0. The van der Waals surface area contributed by atoms with Crippen LogP contribution in [-0.4, -0.2) is 17.3 Å². The van der Waals surface area contributed by atoms with Gasteiger partial charge in [0, 0.05) is 6.42 Å². The van der Waals surface area contributed by atoms with Gasteiger partial charge < -0.3 is 0 Å². The van der Waals surface area contributed by atoms with Gasteiger partial charge in [0.25, 0.3) is 5.91 Å². The molecule has 1 amide bonds. The summed E-state index contributed by atoms with van der Waals surface area (Å²) in [7, 11) is 0. The second-order valence-corrected chi connectivity index (χ2v) is 8.81. The monoisotopic (exact) mass is 436 g/mol. The smallest absolute Gasteiger partial charge is 0.287 e. The van der Waals surface area contributed by atoms with Crippen molar-refractivity contribution >= 4 is 17.3 Å². The van der Waals surface area contributed by atoms with Crippen molar-refractivity contribution in [3.8, 4) is 0 Å². The van der Waals surface area contributed by atoms with E-state index in [1.807, 2.05) is 43.3 Å². The van der Waals surface area contributed by atoms with E-state index in [4.69, 9.17) is 0 Å². The minimum absolute atomic E-state index is 0.284. The number of benzene rings is 3. The second-order valence-electron chi connectivity index (χ2n) is 8.81. The quantitative estimate of drug-likeness (QED) is 0.450. The number of aryl methyl sites for hydroxylation is 2. The molecule has 1 aliphatic carbocycles. The zero-order valence-corrected chi connectivity index (χ0v) is 18.8. The van der Waals surface area contributed by atoms with E-state index in [1.54, 1.807) is 0 Å². The predicted octanol–water partition coefficient (Wildman–Crippen LogP) is 4.70. The molecule has 3 aromatic rings. The molecule has 2 aliphatic rings. The van der Waals surface area contributed by atoms with E-state index in [0.717, 1.165) is 35.2 Å². The zero-order chi connectivity index (χ0) is 22.7. The van der Waals surface area contributed by atoms with Gasteiger partial charge in [-0.3, -0.25) is 10.2 Å². The van der Waals surface area contributed by atoms with Crippen LogP contribution in [-0.2, 0) is 23.2 Å². The lowest BCUT2D eigenvalue weighted by molar-refractivity contribution is -0.114. The van der Waals surface area contributed by atoms with Gasteiger partial charge in [-0.15, -0.1) is 0 Å². The van der Waals surface area contributed by atoms with Crippen molar-refractivity contribution in [3.05, 3.63) is 107 Å². The van der Waals surface area contributed by atoms with Crippen molar-refractivity contribution in [2.45, 2.75) is 44.6 Å². The molecule has 0 aromatic heterocycles. The number of hydrogen-bond acceptors (Lipinski definition) is 4. The number of rotatable bonds is 5. The number of fused-ring (bicyclic) bond motifs is 1. The summed E-state index contributed by atoms with van der Waals surface area (Å²) in [5.41, 5.74) is 12.7. The molecular weight excluding hydrogens is 408 g/mol. The maximum absolute atomic E-state index is 13.0. The Morgan fingerprint density at radius 2 is 1.55 bits per heavy atom. The number of carbonyl (C=O) groups is 1. The minimum atomic E-state index is -0.577. The molecule has 3 aromatic carbocycles. The molecule has 0 spiro atoms. The maximum Gasteiger partial charge on any atom is 0.287 e. The predicted molar refractivity (Wildman–Crippen MR) is 132 cm³/mol. The number of nitrogens with zero attached hydrogens (tertiary/aromatic N) is 2. The lowest BCUT2D eigenvalue weighted by atomic mass is 9.80. The molecule has 0 saturated carbocycles. The highest BCUT2D eigenvalue weighted by atomic mass is 16.2. The number of carbonyl (C=O) groups excluding carboxylic acids is 1. The van der Waals surface area contributed by atoms with E-state index in [9.17, 15) is 4.79 Å². The van der Waals surface area contributed by atoms with Crippen molar-refractivity contribution in [2.24, 2.45) is 10.2 Å². The summed E-state index contributed by atoms with van der Waals surface area (Å²) in [6, 6.07) is 26.8. The van der Waals surface area contributed by atoms with E-state index in [2.05, 4.69) is 63.5 Å².